The van der Waals surface area contributed by atoms with E-state index < -0.39 is 6.10 Å². The lowest BCUT2D eigenvalue weighted by Crippen LogP contribution is -2.16. The number of anilines is 1. The van der Waals surface area contributed by atoms with E-state index in [1.807, 2.05) is 6.92 Å². The fourth-order valence-corrected chi connectivity index (χ4v) is 2.68. The molecule has 5 nitrogen and oxygen atoms in total. The molecule has 3 N–H and O–H groups in total. The number of ether oxygens (including phenoxy) is 2. The van der Waals surface area contributed by atoms with Crippen LogP contribution in [0.25, 0.3) is 0 Å². The standard InChI is InChI=1S/C15H15ClN2O3/c1-8-2-3-18-15(17)12(8)13(19)9-6-10(16)14-11(7-9)20-4-5-21-14/h2-3,6-7,13,19H,4-5H2,1H3,(H2,17,18). The van der Waals surface area contributed by atoms with Crippen molar-refractivity contribution in [1.29, 1.82) is 0 Å². The summed E-state index contributed by atoms with van der Waals surface area (Å²) < 4.78 is 11.0. The maximum atomic E-state index is 10.6. The molecule has 0 bridgehead atoms. The van der Waals surface area contributed by atoms with Gasteiger partial charge in [-0.1, -0.05) is 11.6 Å². The van der Waals surface area contributed by atoms with Gasteiger partial charge >= 0.3 is 0 Å². The number of benzene rings is 1. The van der Waals surface area contributed by atoms with Gasteiger partial charge in [0.1, 0.15) is 25.1 Å². The van der Waals surface area contributed by atoms with Crippen LogP contribution in [0.1, 0.15) is 22.8 Å². The number of hydrogen-bond donors (Lipinski definition) is 2. The molecule has 1 aliphatic heterocycles. The Balaban J connectivity index is 2.06. The minimum Gasteiger partial charge on any atom is -0.486 e. The van der Waals surface area contributed by atoms with E-state index in [4.69, 9.17) is 26.8 Å². The molecular weight excluding hydrogens is 292 g/mol. The van der Waals surface area contributed by atoms with Gasteiger partial charge in [-0.15, -0.1) is 0 Å². The highest BCUT2D eigenvalue weighted by Gasteiger charge is 2.22. The number of aliphatic hydroxyl groups is 1. The molecule has 6 heteroatoms. The zero-order valence-electron chi connectivity index (χ0n) is 11.5. The Morgan fingerprint density at radius 1 is 1.33 bits per heavy atom. The van der Waals surface area contributed by atoms with Crippen LogP contribution in [0.2, 0.25) is 5.02 Å². The fourth-order valence-electron chi connectivity index (χ4n) is 2.40. The van der Waals surface area contributed by atoms with Crippen LogP contribution >= 0.6 is 11.6 Å². The maximum Gasteiger partial charge on any atom is 0.179 e. The number of pyridine rings is 1. The predicted molar refractivity (Wildman–Crippen MR) is 79.9 cm³/mol. The highest BCUT2D eigenvalue weighted by molar-refractivity contribution is 6.32. The molecule has 0 saturated heterocycles. The summed E-state index contributed by atoms with van der Waals surface area (Å²) in [6, 6.07) is 5.18. The largest absolute Gasteiger partial charge is 0.486 e. The summed E-state index contributed by atoms with van der Waals surface area (Å²) in [4.78, 5) is 4.03. The lowest BCUT2D eigenvalue weighted by molar-refractivity contribution is 0.170. The molecule has 21 heavy (non-hydrogen) atoms. The van der Waals surface area contributed by atoms with E-state index in [-0.39, 0.29) is 0 Å². The molecule has 110 valence electrons. The van der Waals surface area contributed by atoms with Gasteiger partial charge in [0.25, 0.3) is 0 Å². The number of halogens is 1. The normalized spacial score (nSPS) is 14.8. The first-order valence-electron chi connectivity index (χ1n) is 6.56. The van der Waals surface area contributed by atoms with Gasteiger partial charge in [0.05, 0.1) is 5.02 Å². The number of nitrogens with zero attached hydrogens (tertiary/aromatic N) is 1. The van der Waals surface area contributed by atoms with E-state index in [1.165, 1.54) is 0 Å². The number of hydrogen-bond acceptors (Lipinski definition) is 5. The molecular formula is C15H15ClN2O3. The van der Waals surface area contributed by atoms with Crippen LogP contribution in [0.15, 0.2) is 24.4 Å². The van der Waals surface area contributed by atoms with Crippen molar-refractivity contribution in [1.82, 2.24) is 4.98 Å². The summed E-state index contributed by atoms with van der Waals surface area (Å²) >= 11 is 6.20. The molecule has 0 spiro atoms. The summed E-state index contributed by atoms with van der Waals surface area (Å²) in [6.45, 7) is 2.79. The average molecular weight is 307 g/mol. The van der Waals surface area contributed by atoms with Crippen LogP contribution in [-0.4, -0.2) is 23.3 Å². The minimum absolute atomic E-state index is 0.300. The highest BCUT2D eigenvalue weighted by Crippen LogP contribution is 2.41. The molecule has 1 aromatic heterocycles. The van der Waals surface area contributed by atoms with E-state index in [0.29, 0.717) is 46.7 Å². The summed E-state index contributed by atoms with van der Waals surface area (Å²) in [5.74, 6) is 1.34. The molecule has 2 heterocycles. The summed E-state index contributed by atoms with van der Waals surface area (Å²) in [5, 5.41) is 11.0. The summed E-state index contributed by atoms with van der Waals surface area (Å²) in [7, 11) is 0. The van der Waals surface area contributed by atoms with Crippen molar-refractivity contribution < 1.29 is 14.6 Å². The van der Waals surface area contributed by atoms with Crippen molar-refractivity contribution in [3.8, 4) is 11.5 Å². The molecule has 3 rings (SSSR count). The van der Waals surface area contributed by atoms with E-state index in [2.05, 4.69) is 4.98 Å². The Morgan fingerprint density at radius 2 is 2.10 bits per heavy atom. The predicted octanol–water partition coefficient (Wildman–Crippen LogP) is 2.48. The lowest BCUT2D eigenvalue weighted by Gasteiger charge is -2.22. The van der Waals surface area contributed by atoms with E-state index in [0.717, 1.165) is 5.56 Å². The quantitative estimate of drug-likeness (QED) is 0.891. The third-order valence-electron chi connectivity index (χ3n) is 3.45. The third-order valence-corrected chi connectivity index (χ3v) is 3.73. The molecule has 2 aromatic rings. The Bertz CT molecular complexity index is 671. The van der Waals surface area contributed by atoms with Crippen LogP contribution in [0.3, 0.4) is 0 Å². The number of rotatable bonds is 2. The molecule has 0 amide bonds. The van der Waals surface area contributed by atoms with Gasteiger partial charge in [-0.2, -0.15) is 0 Å². The van der Waals surface area contributed by atoms with Gasteiger partial charge in [0, 0.05) is 11.8 Å². The summed E-state index contributed by atoms with van der Waals surface area (Å²) in [5.41, 5.74) is 7.90. The zero-order chi connectivity index (χ0) is 15.0. The van der Waals surface area contributed by atoms with Crippen LogP contribution in [0.4, 0.5) is 5.82 Å². The Morgan fingerprint density at radius 3 is 2.86 bits per heavy atom. The molecule has 0 aliphatic carbocycles. The van der Waals surface area contributed by atoms with E-state index in [1.54, 1.807) is 24.4 Å². The number of nitrogen functional groups attached to an aromatic ring is 1. The number of aryl methyl sites for hydroxylation is 1. The number of fused-ring (bicyclic) bond motifs is 1. The Hall–Kier alpha value is -1.98. The summed E-state index contributed by atoms with van der Waals surface area (Å²) in [6.07, 6.45) is 0.685. The van der Waals surface area contributed by atoms with Crippen LogP contribution in [0.5, 0.6) is 11.5 Å². The van der Waals surface area contributed by atoms with Gasteiger partial charge < -0.3 is 20.3 Å². The van der Waals surface area contributed by atoms with Gasteiger partial charge in [0.2, 0.25) is 0 Å². The second-order valence-electron chi connectivity index (χ2n) is 4.86. The van der Waals surface area contributed by atoms with Gasteiger partial charge in [-0.25, -0.2) is 4.98 Å². The Labute approximate surface area is 127 Å². The SMILES string of the molecule is Cc1ccnc(N)c1C(O)c1cc(Cl)c2c(c1)OCCO2. The van der Waals surface area contributed by atoms with Crippen LogP contribution < -0.4 is 15.2 Å². The van der Waals surface area contributed by atoms with Gasteiger partial charge in [0.15, 0.2) is 11.5 Å². The molecule has 1 atom stereocenters. The molecule has 0 fully saturated rings. The number of aromatic nitrogens is 1. The van der Waals surface area contributed by atoms with Crippen molar-refractivity contribution in [3.05, 3.63) is 46.1 Å². The van der Waals surface area contributed by atoms with Crippen molar-refractivity contribution in [2.75, 3.05) is 18.9 Å². The second-order valence-corrected chi connectivity index (χ2v) is 5.26. The van der Waals surface area contributed by atoms with Crippen molar-refractivity contribution in [3.63, 3.8) is 0 Å². The topological polar surface area (TPSA) is 77.6 Å². The van der Waals surface area contributed by atoms with Crippen molar-refractivity contribution in [2.24, 2.45) is 0 Å². The first kappa shape index (κ1) is 14.0. The Kier molecular flexibility index (Phi) is 3.61. The highest BCUT2D eigenvalue weighted by atomic mass is 35.5. The van der Waals surface area contributed by atoms with E-state index in [9.17, 15) is 5.11 Å². The molecule has 1 aliphatic rings. The molecule has 0 saturated carbocycles. The average Bonchev–Trinajstić information content (AvgIpc) is 2.47. The first-order chi connectivity index (χ1) is 10.1. The molecule has 0 radical (unpaired) electrons. The first-order valence-corrected chi connectivity index (χ1v) is 6.94. The maximum absolute atomic E-state index is 10.6. The van der Waals surface area contributed by atoms with Crippen molar-refractivity contribution >= 4 is 17.4 Å². The van der Waals surface area contributed by atoms with Crippen LogP contribution in [-0.2, 0) is 0 Å². The molecule has 1 aromatic carbocycles. The number of nitrogens with two attached hydrogens (primary N) is 1. The third kappa shape index (κ3) is 2.50. The van der Waals surface area contributed by atoms with Crippen molar-refractivity contribution in [2.45, 2.75) is 13.0 Å². The van der Waals surface area contributed by atoms with Gasteiger partial charge in [-0.05, 0) is 36.2 Å². The lowest BCUT2D eigenvalue weighted by atomic mass is 9.98. The van der Waals surface area contributed by atoms with Crippen LogP contribution in [0, 0.1) is 6.92 Å². The van der Waals surface area contributed by atoms with Gasteiger partial charge in [-0.3, -0.25) is 0 Å². The zero-order valence-corrected chi connectivity index (χ0v) is 12.2. The minimum atomic E-state index is -0.924. The monoisotopic (exact) mass is 306 g/mol. The smallest absolute Gasteiger partial charge is 0.179 e. The second kappa shape index (κ2) is 5.42. The van der Waals surface area contributed by atoms with E-state index >= 15 is 0 Å². The molecule has 1 unspecified atom stereocenters. The number of aliphatic hydroxyl groups excluding tert-OH is 1. The fraction of sp³-hybridized carbons (Fsp3) is 0.267.